The summed E-state index contributed by atoms with van der Waals surface area (Å²) >= 11 is 0. The van der Waals surface area contributed by atoms with E-state index >= 15 is 0 Å². The molecule has 0 spiro atoms. The number of ether oxygens (including phenoxy) is 3. The Morgan fingerprint density at radius 2 is 1.58 bits per heavy atom. The molecule has 0 bridgehead atoms. The van der Waals surface area contributed by atoms with E-state index in [1.807, 2.05) is 0 Å². The van der Waals surface area contributed by atoms with E-state index in [-0.39, 0.29) is 5.97 Å². The van der Waals surface area contributed by atoms with Crippen molar-refractivity contribution in [3.8, 4) is 0 Å². The molecule has 0 saturated heterocycles. The molecular weight excluding hydrogens is 246 g/mol. The average Bonchev–Trinajstić information content (AvgIpc) is 2.42. The van der Waals surface area contributed by atoms with Gasteiger partial charge in [0.15, 0.2) is 0 Å². The topological polar surface area (TPSA) is 48.0 Å². The lowest BCUT2D eigenvalue weighted by Gasteiger charge is -2.20. The van der Waals surface area contributed by atoms with Crippen LogP contribution in [-0.2, 0) is 19.0 Å². The molecule has 0 N–H and O–H groups in total. The molecule has 0 fully saturated rings. The molecule has 0 aliphatic carbocycles. The zero-order chi connectivity index (χ0) is 14.3. The second-order valence-corrected chi connectivity index (χ2v) is 4.50. The van der Waals surface area contributed by atoms with Crippen molar-refractivity contribution in [3.63, 3.8) is 0 Å². The molecule has 0 rings (SSSR count). The summed E-state index contributed by atoms with van der Waals surface area (Å²) < 4.78 is 15.3. The summed E-state index contributed by atoms with van der Waals surface area (Å²) in [5.74, 6) is -0.115. The molecule has 0 aromatic carbocycles. The van der Waals surface area contributed by atoms with Crippen LogP contribution in [0.2, 0.25) is 0 Å². The highest BCUT2D eigenvalue weighted by atomic mass is 16.5. The third-order valence-electron chi connectivity index (χ3n) is 2.87. The fourth-order valence-electron chi connectivity index (χ4n) is 1.64. The van der Waals surface area contributed by atoms with Crippen LogP contribution in [0.5, 0.6) is 0 Å². The van der Waals surface area contributed by atoms with E-state index < -0.39 is 0 Å². The SMILES string of the molecule is CCCCCOC(=O)CCN(CCOC)CCOC. The maximum Gasteiger partial charge on any atom is 0.307 e. The van der Waals surface area contributed by atoms with Gasteiger partial charge in [-0.25, -0.2) is 0 Å². The summed E-state index contributed by atoms with van der Waals surface area (Å²) in [6.07, 6.45) is 3.64. The van der Waals surface area contributed by atoms with Crippen molar-refractivity contribution < 1.29 is 19.0 Å². The minimum absolute atomic E-state index is 0.115. The van der Waals surface area contributed by atoms with Crippen molar-refractivity contribution in [2.45, 2.75) is 32.6 Å². The van der Waals surface area contributed by atoms with Gasteiger partial charge >= 0.3 is 5.97 Å². The van der Waals surface area contributed by atoms with Gasteiger partial charge in [-0.15, -0.1) is 0 Å². The Balaban J connectivity index is 3.71. The third-order valence-corrected chi connectivity index (χ3v) is 2.87. The molecule has 0 atom stereocenters. The number of carbonyl (C=O) groups excluding carboxylic acids is 1. The van der Waals surface area contributed by atoms with Gasteiger partial charge in [-0.2, -0.15) is 0 Å². The lowest BCUT2D eigenvalue weighted by Crippen LogP contribution is -2.33. The Hall–Kier alpha value is -0.650. The summed E-state index contributed by atoms with van der Waals surface area (Å²) in [4.78, 5) is 13.7. The van der Waals surface area contributed by atoms with Crippen LogP contribution in [0.3, 0.4) is 0 Å². The number of nitrogens with zero attached hydrogens (tertiary/aromatic N) is 1. The monoisotopic (exact) mass is 275 g/mol. The zero-order valence-electron chi connectivity index (χ0n) is 12.7. The van der Waals surface area contributed by atoms with Crippen molar-refractivity contribution in [2.75, 3.05) is 53.7 Å². The van der Waals surface area contributed by atoms with Crippen molar-refractivity contribution in [2.24, 2.45) is 0 Å². The van der Waals surface area contributed by atoms with Crippen LogP contribution in [0.4, 0.5) is 0 Å². The Morgan fingerprint density at radius 1 is 0.947 bits per heavy atom. The molecule has 0 radical (unpaired) electrons. The zero-order valence-corrected chi connectivity index (χ0v) is 12.7. The number of unbranched alkanes of at least 4 members (excludes halogenated alkanes) is 2. The number of methoxy groups -OCH3 is 2. The first-order valence-corrected chi connectivity index (χ1v) is 7.10. The van der Waals surface area contributed by atoms with Crippen LogP contribution in [0.15, 0.2) is 0 Å². The first-order chi connectivity index (χ1) is 9.24. The summed E-state index contributed by atoms with van der Waals surface area (Å²) in [5, 5.41) is 0. The van der Waals surface area contributed by atoms with Gasteiger partial charge in [-0.05, 0) is 6.42 Å². The molecule has 0 saturated carbocycles. The van der Waals surface area contributed by atoms with Gasteiger partial charge < -0.3 is 14.2 Å². The van der Waals surface area contributed by atoms with Crippen LogP contribution >= 0.6 is 0 Å². The van der Waals surface area contributed by atoms with Crippen LogP contribution in [-0.4, -0.2) is 64.5 Å². The maximum absolute atomic E-state index is 11.5. The highest BCUT2D eigenvalue weighted by Crippen LogP contribution is 1.98. The minimum atomic E-state index is -0.115. The van der Waals surface area contributed by atoms with E-state index in [1.54, 1.807) is 14.2 Å². The van der Waals surface area contributed by atoms with E-state index in [4.69, 9.17) is 14.2 Å². The summed E-state index contributed by atoms with van der Waals surface area (Å²) in [7, 11) is 3.35. The Kier molecular flexibility index (Phi) is 13.3. The Labute approximate surface area is 117 Å². The van der Waals surface area contributed by atoms with E-state index in [0.717, 1.165) is 32.4 Å². The second kappa shape index (κ2) is 13.8. The van der Waals surface area contributed by atoms with Crippen molar-refractivity contribution >= 4 is 5.97 Å². The Morgan fingerprint density at radius 3 is 2.11 bits per heavy atom. The largest absolute Gasteiger partial charge is 0.466 e. The van der Waals surface area contributed by atoms with Crippen LogP contribution in [0, 0.1) is 0 Å². The van der Waals surface area contributed by atoms with E-state index in [9.17, 15) is 4.79 Å². The molecule has 0 amide bonds. The Bertz CT molecular complexity index is 204. The minimum Gasteiger partial charge on any atom is -0.466 e. The van der Waals surface area contributed by atoms with E-state index in [1.165, 1.54) is 0 Å². The van der Waals surface area contributed by atoms with Gasteiger partial charge in [0.05, 0.1) is 26.2 Å². The molecule has 19 heavy (non-hydrogen) atoms. The van der Waals surface area contributed by atoms with Gasteiger partial charge in [-0.3, -0.25) is 9.69 Å². The lowest BCUT2D eigenvalue weighted by atomic mass is 10.3. The number of esters is 1. The first-order valence-electron chi connectivity index (χ1n) is 7.10. The molecule has 0 unspecified atom stereocenters. The third kappa shape index (κ3) is 12.1. The van der Waals surface area contributed by atoms with Crippen LogP contribution < -0.4 is 0 Å². The molecule has 114 valence electrons. The van der Waals surface area contributed by atoms with Gasteiger partial charge in [-0.1, -0.05) is 19.8 Å². The van der Waals surface area contributed by atoms with Crippen molar-refractivity contribution in [3.05, 3.63) is 0 Å². The highest BCUT2D eigenvalue weighted by molar-refractivity contribution is 5.69. The quantitative estimate of drug-likeness (QED) is 0.378. The normalized spacial score (nSPS) is 10.9. The molecule has 5 heteroatoms. The summed E-state index contributed by atoms with van der Waals surface area (Å²) in [6, 6.07) is 0. The molecule has 0 aliphatic rings. The van der Waals surface area contributed by atoms with Crippen molar-refractivity contribution in [1.82, 2.24) is 4.90 Å². The molecule has 0 aromatic heterocycles. The number of rotatable bonds is 13. The first kappa shape index (κ1) is 18.4. The van der Waals surface area contributed by atoms with Gasteiger partial charge in [0.2, 0.25) is 0 Å². The van der Waals surface area contributed by atoms with Gasteiger partial charge in [0.25, 0.3) is 0 Å². The molecule has 5 nitrogen and oxygen atoms in total. The number of hydrogen-bond acceptors (Lipinski definition) is 5. The molecule has 0 aromatic rings. The van der Waals surface area contributed by atoms with E-state index in [2.05, 4.69) is 11.8 Å². The smallest absolute Gasteiger partial charge is 0.307 e. The van der Waals surface area contributed by atoms with Gasteiger partial charge in [0, 0.05) is 33.9 Å². The molecular formula is C14H29NO4. The molecule has 0 heterocycles. The standard InChI is InChI=1S/C14H29NO4/c1-4-5-6-11-19-14(16)7-8-15(9-12-17-2)10-13-18-3/h4-13H2,1-3H3. The maximum atomic E-state index is 11.5. The number of hydrogen-bond donors (Lipinski definition) is 0. The predicted octanol–water partition coefficient (Wildman–Crippen LogP) is 1.70. The second-order valence-electron chi connectivity index (χ2n) is 4.50. The fraction of sp³-hybridized carbons (Fsp3) is 0.929. The highest BCUT2D eigenvalue weighted by Gasteiger charge is 2.09. The average molecular weight is 275 g/mol. The van der Waals surface area contributed by atoms with Crippen LogP contribution in [0.1, 0.15) is 32.6 Å². The van der Waals surface area contributed by atoms with Crippen LogP contribution in [0.25, 0.3) is 0 Å². The lowest BCUT2D eigenvalue weighted by molar-refractivity contribution is -0.144. The molecule has 0 aliphatic heterocycles. The fourth-order valence-corrected chi connectivity index (χ4v) is 1.64. The van der Waals surface area contributed by atoms with Crippen molar-refractivity contribution in [1.29, 1.82) is 0 Å². The predicted molar refractivity (Wildman–Crippen MR) is 75.3 cm³/mol. The van der Waals surface area contributed by atoms with E-state index in [0.29, 0.717) is 32.8 Å². The summed E-state index contributed by atoms with van der Waals surface area (Å²) in [6.45, 7) is 6.31. The summed E-state index contributed by atoms with van der Waals surface area (Å²) in [5.41, 5.74) is 0. The number of carbonyl (C=O) groups is 1. The van der Waals surface area contributed by atoms with Gasteiger partial charge in [0.1, 0.15) is 0 Å².